The number of nitrogens with one attached hydrogen (secondary N) is 1. The standard InChI is InChI=1S/C13H29N3/c1-4-15(12-13(2)3)10-11-16-8-5-6-14-7-9-16/h13-14H,4-12H2,1-3H3. The van der Waals surface area contributed by atoms with Gasteiger partial charge in [0.2, 0.25) is 0 Å². The minimum absolute atomic E-state index is 0.783. The third-order valence-corrected chi connectivity index (χ3v) is 3.24. The van der Waals surface area contributed by atoms with Crippen LogP contribution in [0.3, 0.4) is 0 Å². The summed E-state index contributed by atoms with van der Waals surface area (Å²) >= 11 is 0. The summed E-state index contributed by atoms with van der Waals surface area (Å²) in [5.41, 5.74) is 0. The van der Waals surface area contributed by atoms with Gasteiger partial charge in [0, 0.05) is 32.7 Å². The van der Waals surface area contributed by atoms with E-state index in [9.17, 15) is 0 Å². The van der Waals surface area contributed by atoms with Crippen LogP contribution < -0.4 is 5.32 Å². The van der Waals surface area contributed by atoms with Gasteiger partial charge in [-0.05, 0) is 32.0 Å². The molecule has 3 nitrogen and oxygen atoms in total. The van der Waals surface area contributed by atoms with E-state index in [1.165, 1.54) is 52.2 Å². The van der Waals surface area contributed by atoms with Gasteiger partial charge >= 0.3 is 0 Å². The molecule has 1 N–H and O–H groups in total. The summed E-state index contributed by atoms with van der Waals surface area (Å²) in [5.74, 6) is 0.783. The Bertz CT molecular complexity index is 161. The fourth-order valence-corrected chi connectivity index (χ4v) is 2.30. The van der Waals surface area contributed by atoms with E-state index in [0.717, 1.165) is 12.5 Å². The first kappa shape index (κ1) is 13.9. The van der Waals surface area contributed by atoms with Crippen LogP contribution in [0.5, 0.6) is 0 Å². The maximum atomic E-state index is 3.46. The Balaban J connectivity index is 2.19. The van der Waals surface area contributed by atoms with E-state index in [2.05, 4.69) is 35.9 Å². The van der Waals surface area contributed by atoms with Crippen molar-refractivity contribution in [1.82, 2.24) is 15.1 Å². The summed E-state index contributed by atoms with van der Waals surface area (Å²) in [5, 5.41) is 3.46. The fourth-order valence-electron chi connectivity index (χ4n) is 2.30. The third-order valence-electron chi connectivity index (χ3n) is 3.24. The van der Waals surface area contributed by atoms with Gasteiger partial charge < -0.3 is 15.1 Å². The van der Waals surface area contributed by atoms with E-state index in [1.54, 1.807) is 0 Å². The molecule has 0 aliphatic carbocycles. The summed E-state index contributed by atoms with van der Waals surface area (Å²) in [6, 6.07) is 0. The van der Waals surface area contributed by atoms with Crippen molar-refractivity contribution in [2.45, 2.75) is 27.2 Å². The fraction of sp³-hybridized carbons (Fsp3) is 1.00. The highest BCUT2D eigenvalue weighted by atomic mass is 15.2. The SMILES string of the molecule is CCN(CCN1CCCNCC1)CC(C)C. The number of hydrogen-bond donors (Lipinski definition) is 1. The summed E-state index contributed by atoms with van der Waals surface area (Å²) in [7, 11) is 0. The molecule has 1 saturated heterocycles. The van der Waals surface area contributed by atoms with Crippen LogP contribution in [-0.2, 0) is 0 Å². The molecule has 1 rings (SSSR count). The van der Waals surface area contributed by atoms with Crippen LogP contribution in [0.15, 0.2) is 0 Å². The molecule has 1 aliphatic heterocycles. The Labute approximate surface area is 101 Å². The molecule has 0 atom stereocenters. The molecule has 0 aromatic carbocycles. The Hall–Kier alpha value is -0.120. The lowest BCUT2D eigenvalue weighted by atomic mass is 10.2. The molecule has 1 aliphatic rings. The van der Waals surface area contributed by atoms with E-state index in [0.29, 0.717) is 0 Å². The Morgan fingerprint density at radius 2 is 2.06 bits per heavy atom. The molecule has 0 radical (unpaired) electrons. The normalized spacial score (nSPS) is 19.3. The smallest absolute Gasteiger partial charge is 0.0110 e. The molecule has 1 fully saturated rings. The number of nitrogens with zero attached hydrogens (tertiary/aromatic N) is 2. The molecular weight excluding hydrogens is 198 g/mol. The van der Waals surface area contributed by atoms with Crippen molar-refractivity contribution >= 4 is 0 Å². The molecule has 16 heavy (non-hydrogen) atoms. The first-order chi connectivity index (χ1) is 7.72. The zero-order chi connectivity index (χ0) is 11.8. The lowest BCUT2D eigenvalue weighted by Crippen LogP contribution is -2.38. The van der Waals surface area contributed by atoms with E-state index in [1.807, 2.05) is 0 Å². The summed E-state index contributed by atoms with van der Waals surface area (Å²) < 4.78 is 0. The van der Waals surface area contributed by atoms with Gasteiger partial charge in [-0.1, -0.05) is 20.8 Å². The topological polar surface area (TPSA) is 18.5 Å². The Morgan fingerprint density at radius 3 is 2.75 bits per heavy atom. The maximum Gasteiger partial charge on any atom is 0.0110 e. The van der Waals surface area contributed by atoms with Gasteiger partial charge in [-0.2, -0.15) is 0 Å². The molecule has 0 amide bonds. The number of likely N-dealkylation sites (N-methyl/N-ethyl adjacent to an activating group) is 1. The molecular formula is C13H29N3. The summed E-state index contributed by atoms with van der Waals surface area (Å²) in [6.45, 7) is 16.6. The first-order valence-corrected chi connectivity index (χ1v) is 6.87. The van der Waals surface area contributed by atoms with Gasteiger partial charge in [-0.15, -0.1) is 0 Å². The zero-order valence-corrected chi connectivity index (χ0v) is 11.3. The van der Waals surface area contributed by atoms with E-state index < -0.39 is 0 Å². The molecule has 0 bridgehead atoms. The number of rotatable bonds is 6. The first-order valence-electron chi connectivity index (χ1n) is 6.87. The zero-order valence-electron chi connectivity index (χ0n) is 11.3. The van der Waals surface area contributed by atoms with E-state index in [-0.39, 0.29) is 0 Å². The average molecular weight is 227 g/mol. The molecule has 1 heterocycles. The van der Waals surface area contributed by atoms with Gasteiger partial charge in [0.15, 0.2) is 0 Å². The maximum absolute atomic E-state index is 3.46. The largest absolute Gasteiger partial charge is 0.315 e. The van der Waals surface area contributed by atoms with Crippen LogP contribution >= 0.6 is 0 Å². The van der Waals surface area contributed by atoms with Crippen LogP contribution in [-0.4, -0.2) is 62.2 Å². The summed E-state index contributed by atoms with van der Waals surface area (Å²) in [4.78, 5) is 5.17. The Kier molecular flexibility index (Phi) is 7.01. The predicted molar refractivity (Wildman–Crippen MR) is 70.9 cm³/mol. The van der Waals surface area contributed by atoms with Crippen LogP contribution in [0, 0.1) is 5.92 Å². The molecule has 0 saturated carbocycles. The van der Waals surface area contributed by atoms with Crippen LogP contribution in [0.2, 0.25) is 0 Å². The molecule has 0 aromatic heterocycles. The van der Waals surface area contributed by atoms with E-state index >= 15 is 0 Å². The minimum atomic E-state index is 0.783. The minimum Gasteiger partial charge on any atom is -0.315 e. The van der Waals surface area contributed by atoms with Crippen molar-refractivity contribution < 1.29 is 0 Å². The molecule has 3 heteroatoms. The lowest BCUT2D eigenvalue weighted by Gasteiger charge is -2.26. The van der Waals surface area contributed by atoms with Crippen LogP contribution in [0.1, 0.15) is 27.2 Å². The molecule has 0 unspecified atom stereocenters. The molecule has 96 valence electrons. The number of hydrogen-bond acceptors (Lipinski definition) is 3. The average Bonchev–Trinajstić information content (AvgIpc) is 2.52. The molecule has 0 spiro atoms. The van der Waals surface area contributed by atoms with Crippen molar-refractivity contribution in [3.63, 3.8) is 0 Å². The highest BCUT2D eigenvalue weighted by Gasteiger charge is 2.10. The third kappa shape index (κ3) is 5.83. The van der Waals surface area contributed by atoms with Gasteiger partial charge in [0.25, 0.3) is 0 Å². The predicted octanol–water partition coefficient (Wildman–Crippen LogP) is 1.26. The van der Waals surface area contributed by atoms with Crippen LogP contribution in [0.4, 0.5) is 0 Å². The van der Waals surface area contributed by atoms with Crippen molar-refractivity contribution in [2.24, 2.45) is 5.92 Å². The molecule has 0 aromatic rings. The van der Waals surface area contributed by atoms with Crippen molar-refractivity contribution in [3.8, 4) is 0 Å². The second-order valence-electron chi connectivity index (χ2n) is 5.23. The van der Waals surface area contributed by atoms with Crippen molar-refractivity contribution in [3.05, 3.63) is 0 Å². The van der Waals surface area contributed by atoms with Gasteiger partial charge in [0.1, 0.15) is 0 Å². The van der Waals surface area contributed by atoms with Gasteiger partial charge in [-0.25, -0.2) is 0 Å². The van der Waals surface area contributed by atoms with Gasteiger partial charge in [-0.3, -0.25) is 0 Å². The van der Waals surface area contributed by atoms with Gasteiger partial charge in [0.05, 0.1) is 0 Å². The quantitative estimate of drug-likeness (QED) is 0.737. The van der Waals surface area contributed by atoms with E-state index in [4.69, 9.17) is 0 Å². The Morgan fingerprint density at radius 1 is 1.25 bits per heavy atom. The highest BCUT2D eigenvalue weighted by Crippen LogP contribution is 2.00. The van der Waals surface area contributed by atoms with Crippen LogP contribution in [0.25, 0.3) is 0 Å². The second-order valence-corrected chi connectivity index (χ2v) is 5.23. The second kappa shape index (κ2) is 8.04. The highest BCUT2D eigenvalue weighted by molar-refractivity contribution is 4.68. The monoisotopic (exact) mass is 227 g/mol. The lowest BCUT2D eigenvalue weighted by molar-refractivity contribution is 0.202. The summed E-state index contributed by atoms with van der Waals surface area (Å²) in [6.07, 6.45) is 1.30. The van der Waals surface area contributed by atoms with Crippen molar-refractivity contribution in [1.29, 1.82) is 0 Å². The van der Waals surface area contributed by atoms with Crippen molar-refractivity contribution in [2.75, 3.05) is 52.4 Å².